The van der Waals surface area contributed by atoms with Gasteiger partial charge >= 0.3 is 0 Å². The van der Waals surface area contributed by atoms with Crippen molar-refractivity contribution in [3.63, 3.8) is 0 Å². The second-order valence-electron chi connectivity index (χ2n) is 16.1. The predicted molar refractivity (Wildman–Crippen MR) is 258 cm³/mol. The first-order chi connectivity index (χ1) is 30.7. The average molecular weight is 797 g/mol. The van der Waals surface area contributed by atoms with E-state index in [1.54, 1.807) is 0 Å². The van der Waals surface area contributed by atoms with Crippen molar-refractivity contribution < 1.29 is 0 Å². The quantitative estimate of drug-likeness (QED) is 0.151. The highest BCUT2D eigenvalue weighted by Gasteiger charge is 2.53. The maximum atomic E-state index is 6.80. The third kappa shape index (κ3) is 6.27. The summed E-state index contributed by atoms with van der Waals surface area (Å²) in [6.45, 7) is 1.36. The molecule has 0 saturated heterocycles. The molecular weight excluding hydrogens is 753 g/mol. The lowest BCUT2D eigenvalue weighted by Gasteiger charge is -2.46. The first-order valence-electron chi connectivity index (χ1n) is 21.3. The number of aliphatic imine (C=N–C) groups is 1. The van der Waals surface area contributed by atoms with Crippen molar-refractivity contribution in [3.8, 4) is 22.3 Å². The molecule has 2 aliphatic heterocycles. The Morgan fingerprint density at radius 3 is 1.87 bits per heavy atom. The molecule has 0 radical (unpaired) electrons. The van der Waals surface area contributed by atoms with Gasteiger partial charge in [0.15, 0.2) is 0 Å². The van der Waals surface area contributed by atoms with Crippen LogP contribution >= 0.6 is 0 Å². The molecule has 0 bridgehead atoms. The van der Waals surface area contributed by atoms with E-state index < -0.39 is 5.41 Å². The average Bonchev–Trinajstić information content (AvgIpc) is 3.64. The number of fused-ring (bicyclic) bond motifs is 8. The van der Waals surface area contributed by atoms with Gasteiger partial charge in [0.2, 0.25) is 0 Å². The summed E-state index contributed by atoms with van der Waals surface area (Å²) < 4.78 is 0. The van der Waals surface area contributed by atoms with Crippen molar-refractivity contribution in [2.75, 3.05) is 11.4 Å². The molecule has 2 heterocycles. The lowest BCUT2D eigenvalue weighted by Crippen LogP contribution is -2.41. The van der Waals surface area contributed by atoms with E-state index in [9.17, 15) is 0 Å². The molecule has 296 valence electrons. The van der Waals surface area contributed by atoms with E-state index in [0.717, 1.165) is 45.8 Å². The van der Waals surface area contributed by atoms with Crippen molar-refractivity contribution in [2.24, 2.45) is 10.7 Å². The van der Waals surface area contributed by atoms with Gasteiger partial charge in [-0.25, -0.2) is 0 Å². The highest BCUT2D eigenvalue weighted by molar-refractivity contribution is 6.12. The lowest BCUT2D eigenvalue weighted by atomic mass is 9.65. The van der Waals surface area contributed by atoms with E-state index in [0.29, 0.717) is 12.2 Å². The fourth-order valence-corrected chi connectivity index (χ4v) is 9.69. The number of nitrogens with one attached hydrogen (secondary N) is 1. The number of rotatable bonds is 8. The largest absolute Gasteiger partial charge is 0.398 e. The second-order valence-corrected chi connectivity index (χ2v) is 16.1. The topological polar surface area (TPSA) is 53.6 Å². The standard InChI is InChI=1S/C58H44N4/c59-53(38-54(43-18-6-2-7-19-43)61-39-40-16-4-1-5-17-40)42-31-29-41(30-32-42)44-20-14-21-45(36-44)46-33-34-48-49-24-15-35-60-57(49)58(52(48)37-46)50-25-10-12-27-55(50)62(47-22-8-3-9-23-47)56-28-13-11-26-51(56)58/h1-34,36-38,60H,35,39,59H2/b53-38-,61-54?. The number of para-hydroxylation sites is 3. The molecule has 62 heavy (non-hydrogen) atoms. The van der Waals surface area contributed by atoms with Crippen LogP contribution in [0.25, 0.3) is 33.5 Å². The minimum atomic E-state index is -0.530. The number of anilines is 3. The zero-order valence-electron chi connectivity index (χ0n) is 34.2. The Morgan fingerprint density at radius 2 is 1.16 bits per heavy atom. The van der Waals surface area contributed by atoms with Gasteiger partial charge in [-0.3, -0.25) is 4.99 Å². The van der Waals surface area contributed by atoms with Crippen molar-refractivity contribution >= 4 is 34.0 Å². The molecule has 0 atom stereocenters. The number of allylic oxidation sites excluding steroid dienone is 4. The Hall–Kier alpha value is -7.95. The summed E-state index contributed by atoms with van der Waals surface area (Å²) in [5, 5.41) is 3.91. The molecule has 0 saturated carbocycles. The monoisotopic (exact) mass is 796 g/mol. The van der Waals surface area contributed by atoms with Crippen LogP contribution < -0.4 is 16.0 Å². The fourth-order valence-electron chi connectivity index (χ4n) is 9.69. The maximum absolute atomic E-state index is 6.80. The van der Waals surface area contributed by atoms with Crippen molar-refractivity contribution in [2.45, 2.75) is 12.0 Å². The van der Waals surface area contributed by atoms with Crippen LogP contribution in [-0.4, -0.2) is 12.3 Å². The zero-order chi connectivity index (χ0) is 41.5. The summed E-state index contributed by atoms with van der Waals surface area (Å²) in [5.74, 6) is 0. The third-order valence-corrected chi connectivity index (χ3v) is 12.5. The van der Waals surface area contributed by atoms with E-state index in [-0.39, 0.29) is 0 Å². The molecule has 0 amide bonds. The SMILES string of the molecule is N/C(=C\C(=NCc1ccccc1)c1ccccc1)c1ccc(-c2cccc(-c3ccc4c(c3)C3(C5=C4C=CCN5)c4ccccc4N(c4ccccc4)c4ccccc43)c2)cc1. The lowest BCUT2D eigenvalue weighted by molar-refractivity contribution is 0.659. The minimum absolute atomic E-state index is 0.530. The van der Waals surface area contributed by atoms with Crippen LogP contribution in [0, 0.1) is 0 Å². The van der Waals surface area contributed by atoms with Gasteiger partial charge in [0.1, 0.15) is 0 Å². The predicted octanol–water partition coefficient (Wildman–Crippen LogP) is 13.0. The molecule has 0 fully saturated rings. The molecule has 8 aromatic carbocycles. The first kappa shape index (κ1) is 37.1. The molecule has 8 aromatic rings. The summed E-state index contributed by atoms with van der Waals surface area (Å²) in [6.07, 6.45) is 6.56. The van der Waals surface area contributed by atoms with Gasteiger partial charge in [-0.2, -0.15) is 0 Å². The number of hydrogen-bond donors (Lipinski definition) is 2. The van der Waals surface area contributed by atoms with E-state index in [2.05, 4.69) is 192 Å². The van der Waals surface area contributed by atoms with E-state index in [4.69, 9.17) is 10.7 Å². The first-order valence-corrected chi connectivity index (χ1v) is 21.3. The summed E-state index contributed by atoms with van der Waals surface area (Å²) in [7, 11) is 0. The van der Waals surface area contributed by atoms with Crippen LogP contribution in [0.4, 0.5) is 17.1 Å². The van der Waals surface area contributed by atoms with Crippen molar-refractivity contribution in [3.05, 3.63) is 269 Å². The number of nitrogens with zero attached hydrogens (tertiary/aromatic N) is 2. The molecule has 3 aliphatic rings. The van der Waals surface area contributed by atoms with Gasteiger partial charge in [-0.05, 0) is 104 Å². The molecule has 0 aromatic heterocycles. The molecule has 1 aliphatic carbocycles. The number of dihydropyridines is 1. The van der Waals surface area contributed by atoms with Crippen LogP contribution in [0.2, 0.25) is 0 Å². The normalized spacial score (nSPS) is 14.8. The molecule has 4 heteroatoms. The third-order valence-electron chi connectivity index (χ3n) is 12.5. The minimum Gasteiger partial charge on any atom is -0.398 e. The Kier molecular flexibility index (Phi) is 9.32. The van der Waals surface area contributed by atoms with Crippen LogP contribution in [0.3, 0.4) is 0 Å². The van der Waals surface area contributed by atoms with Gasteiger partial charge < -0.3 is 16.0 Å². The summed E-state index contributed by atoms with van der Waals surface area (Å²) in [6, 6.07) is 73.8. The molecule has 1 spiro atoms. The summed E-state index contributed by atoms with van der Waals surface area (Å²) in [5.41, 5.74) is 26.7. The Balaban J connectivity index is 0.965. The smallest absolute Gasteiger partial charge is 0.0901 e. The summed E-state index contributed by atoms with van der Waals surface area (Å²) >= 11 is 0. The van der Waals surface area contributed by atoms with E-state index in [1.807, 2.05) is 42.5 Å². The highest BCUT2D eigenvalue weighted by atomic mass is 15.2. The van der Waals surface area contributed by atoms with Gasteiger partial charge in [-0.1, -0.05) is 182 Å². The van der Waals surface area contributed by atoms with Crippen LogP contribution in [0.5, 0.6) is 0 Å². The number of benzene rings is 8. The van der Waals surface area contributed by atoms with Crippen LogP contribution in [0.15, 0.2) is 235 Å². The Bertz CT molecular complexity index is 3040. The fraction of sp³-hybridized carbons (Fsp3) is 0.0517. The highest BCUT2D eigenvalue weighted by Crippen LogP contribution is 2.62. The number of nitrogens with two attached hydrogens (primary N) is 1. The zero-order valence-corrected chi connectivity index (χ0v) is 34.2. The van der Waals surface area contributed by atoms with Gasteiger partial charge in [0.25, 0.3) is 0 Å². The van der Waals surface area contributed by atoms with Gasteiger partial charge in [-0.15, -0.1) is 0 Å². The number of hydrogen-bond acceptors (Lipinski definition) is 4. The molecule has 0 unspecified atom stereocenters. The molecule has 4 nitrogen and oxygen atoms in total. The van der Waals surface area contributed by atoms with Gasteiger partial charge in [0.05, 0.1) is 29.0 Å². The molecule has 3 N–H and O–H groups in total. The maximum Gasteiger partial charge on any atom is 0.0901 e. The molecular formula is C58H44N4. The second kappa shape index (κ2) is 15.6. The van der Waals surface area contributed by atoms with Gasteiger partial charge in [0, 0.05) is 29.2 Å². The van der Waals surface area contributed by atoms with E-state index >= 15 is 0 Å². The van der Waals surface area contributed by atoms with E-state index in [1.165, 1.54) is 56.0 Å². The van der Waals surface area contributed by atoms with Crippen LogP contribution in [-0.2, 0) is 12.0 Å². The Morgan fingerprint density at radius 1 is 0.565 bits per heavy atom. The molecule has 11 rings (SSSR count). The summed E-state index contributed by atoms with van der Waals surface area (Å²) in [4.78, 5) is 7.42. The Labute approximate surface area is 363 Å². The van der Waals surface area contributed by atoms with Crippen LogP contribution in [0.1, 0.15) is 38.9 Å². The van der Waals surface area contributed by atoms with Crippen molar-refractivity contribution in [1.82, 2.24) is 5.32 Å². The van der Waals surface area contributed by atoms with Crippen molar-refractivity contribution in [1.29, 1.82) is 0 Å².